The van der Waals surface area contributed by atoms with Crippen molar-refractivity contribution >= 4 is 23.2 Å². The van der Waals surface area contributed by atoms with Gasteiger partial charge in [-0.2, -0.15) is 5.10 Å². The largest absolute Gasteiger partial charge is 0.494 e. The van der Waals surface area contributed by atoms with E-state index in [1.165, 1.54) is 0 Å². The van der Waals surface area contributed by atoms with Gasteiger partial charge in [-0.25, -0.2) is 5.43 Å². The van der Waals surface area contributed by atoms with Crippen molar-refractivity contribution in [3.63, 3.8) is 0 Å². The lowest BCUT2D eigenvalue weighted by Gasteiger charge is -2.07. The second-order valence-corrected chi connectivity index (χ2v) is 5.37. The van der Waals surface area contributed by atoms with E-state index in [1.807, 2.05) is 38.1 Å². The molecule has 0 saturated heterocycles. The van der Waals surface area contributed by atoms with E-state index < -0.39 is 0 Å². The van der Waals surface area contributed by atoms with Gasteiger partial charge >= 0.3 is 0 Å². The standard InChI is InChI=1S/C18H19ClN2O3/c1-3-23-16-8-4-14(5-9-16)13(2)20-21-18(22)12-24-17-10-6-15(19)7-11-17/h4-11H,3,12H2,1-2H3,(H,21,22)/b20-13-. The first-order chi connectivity index (χ1) is 11.6. The Morgan fingerprint density at radius 1 is 1.04 bits per heavy atom. The molecule has 0 aliphatic rings. The van der Waals surface area contributed by atoms with Crippen LogP contribution in [-0.2, 0) is 4.79 Å². The molecule has 0 heterocycles. The van der Waals surface area contributed by atoms with Crippen molar-refractivity contribution in [2.45, 2.75) is 13.8 Å². The minimum atomic E-state index is -0.338. The first kappa shape index (κ1) is 17.8. The van der Waals surface area contributed by atoms with Crippen LogP contribution in [0.1, 0.15) is 19.4 Å². The summed E-state index contributed by atoms with van der Waals surface area (Å²) in [5.74, 6) is 1.03. The highest BCUT2D eigenvalue weighted by Gasteiger charge is 2.03. The highest BCUT2D eigenvalue weighted by molar-refractivity contribution is 6.30. The Hall–Kier alpha value is -2.53. The van der Waals surface area contributed by atoms with E-state index in [0.717, 1.165) is 11.3 Å². The lowest BCUT2D eigenvalue weighted by molar-refractivity contribution is -0.123. The summed E-state index contributed by atoms with van der Waals surface area (Å²) >= 11 is 5.78. The Labute approximate surface area is 146 Å². The van der Waals surface area contributed by atoms with Gasteiger partial charge in [-0.15, -0.1) is 0 Å². The van der Waals surface area contributed by atoms with Crippen molar-refractivity contribution in [2.75, 3.05) is 13.2 Å². The van der Waals surface area contributed by atoms with E-state index in [-0.39, 0.29) is 12.5 Å². The summed E-state index contributed by atoms with van der Waals surface area (Å²) in [6.45, 7) is 4.25. The van der Waals surface area contributed by atoms with E-state index in [4.69, 9.17) is 21.1 Å². The first-order valence-electron chi connectivity index (χ1n) is 7.53. The van der Waals surface area contributed by atoms with Gasteiger partial charge in [0.25, 0.3) is 5.91 Å². The van der Waals surface area contributed by atoms with Gasteiger partial charge in [0.05, 0.1) is 12.3 Å². The number of hydrogen-bond acceptors (Lipinski definition) is 4. The molecule has 126 valence electrons. The molecule has 1 amide bonds. The van der Waals surface area contributed by atoms with Crippen molar-refractivity contribution in [1.82, 2.24) is 5.43 Å². The lowest BCUT2D eigenvalue weighted by Crippen LogP contribution is -2.25. The summed E-state index contributed by atoms with van der Waals surface area (Å²) in [4.78, 5) is 11.8. The Bertz CT molecular complexity index is 697. The Balaban J connectivity index is 1.84. The molecule has 2 aromatic rings. The molecule has 1 N–H and O–H groups in total. The van der Waals surface area contributed by atoms with Crippen molar-refractivity contribution in [3.05, 3.63) is 59.1 Å². The Kier molecular flexibility index (Phi) is 6.63. The molecule has 24 heavy (non-hydrogen) atoms. The fraction of sp³-hybridized carbons (Fsp3) is 0.222. The van der Waals surface area contributed by atoms with Crippen molar-refractivity contribution in [3.8, 4) is 11.5 Å². The van der Waals surface area contributed by atoms with Crippen LogP contribution < -0.4 is 14.9 Å². The van der Waals surface area contributed by atoms with Crippen molar-refractivity contribution in [2.24, 2.45) is 5.10 Å². The SMILES string of the molecule is CCOc1ccc(/C(C)=N\NC(=O)COc2ccc(Cl)cc2)cc1. The van der Waals surface area contributed by atoms with Crippen LogP contribution in [0.5, 0.6) is 11.5 Å². The van der Waals surface area contributed by atoms with E-state index in [2.05, 4.69) is 10.5 Å². The number of nitrogens with zero attached hydrogens (tertiary/aromatic N) is 1. The number of carbonyl (C=O) groups excluding carboxylic acids is 1. The fourth-order valence-corrected chi connectivity index (χ4v) is 2.01. The first-order valence-corrected chi connectivity index (χ1v) is 7.91. The molecule has 0 saturated carbocycles. The third kappa shape index (κ3) is 5.59. The number of halogens is 1. The molecule has 2 aromatic carbocycles. The quantitative estimate of drug-likeness (QED) is 0.615. The molecule has 6 heteroatoms. The highest BCUT2D eigenvalue weighted by atomic mass is 35.5. The Morgan fingerprint density at radius 2 is 1.62 bits per heavy atom. The maximum atomic E-state index is 11.8. The zero-order valence-electron chi connectivity index (χ0n) is 13.6. The van der Waals surface area contributed by atoms with E-state index in [9.17, 15) is 4.79 Å². The molecular formula is C18H19ClN2O3. The molecular weight excluding hydrogens is 328 g/mol. The molecule has 2 rings (SSSR count). The number of carbonyl (C=O) groups is 1. The fourth-order valence-electron chi connectivity index (χ4n) is 1.88. The molecule has 5 nitrogen and oxygen atoms in total. The molecule has 0 fully saturated rings. The van der Waals surface area contributed by atoms with E-state index in [1.54, 1.807) is 24.3 Å². The Morgan fingerprint density at radius 3 is 2.25 bits per heavy atom. The van der Waals surface area contributed by atoms with Crippen LogP contribution in [0.4, 0.5) is 0 Å². The van der Waals surface area contributed by atoms with Gasteiger partial charge in [-0.05, 0) is 67.9 Å². The maximum absolute atomic E-state index is 11.8. The third-order valence-electron chi connectivity index (χ3n) is 3.11. The molecule has 0 radical (unpaired) electrons. The number of nitrogens with one attached hydrogen (secondary N) is 1. The van der Waals surface area contributed by atoms with Gasteiger partial charge in [-0.3, -0.25) is 4.79 Å². The van der Waals surface area contributed by atoms with Crippen LogP contribution in [0.3, 0.4) is 0 Å². The van der Waals surface area contributed by atoms with E-state index >= 15 is 0 Å². The van der Waals surface area contributed by atoms with Gasteiger partial charge < -0.3 is 9.47 Å². The van der Waals surface area contributed by atoms with Gasteiger partial charge in [0.1, 0.15) is 11.5 Å². The minimum Gasteiger partial charge on any atom is -0.494 e. The summed E-state index contributed by atoms with van der Waals surface area (Å²) in [6.07, 6.45) is 0. The average Bonchev–Trinajstić information content (AvgIpc) is 2.60. The highest BCUT2D eigenvalue weighted by Crippen LogP contribution is 2.15. The summed E-state index contributed by atoms with van der Waals surface area (Å²) in [7, 11) is 0. The van der Waals surface area contributed by atoms with Crippen LogP contribution in [0.25, 0.3) is 0 Å². The van der Waals surface area contributed by atoms with Crippen molar-refractivity contribution < 1.29 is 14.3 Å². The predicted molar refractivity (Wildman–Crippen MR) is 94.9 cm³/mol. The summed E-state index contributed by atoms with van der Waals surface area (Å²) < 4.78 is 10.7. The monoisotopic (exact) mass is 346 g/mol. The molecule has 0 bridgehead atoms. The summed E-state index contributed by atoms with van der Waals surface area (Å²) in [5, 5.41) is 4.68. The van der Waals surface area contributed by atoms with Gasteiger partial charge in [0, 0.05) is 5.02 Å². The molecule has 0 atom stereocenters. The average molecular weight is 347 g/mol. The number of hydrogen-bond donors (Lipinski definition) is 1. The zero-order valence-corrected chi connectivity index (χ0v) is 14.3. The minimum absolute atomic E-state index is 0.123. The number of hydrazone groups is 1. The zero-order chi connectivity index (χ0) is 17.4. The molecule has 0 aliphatic heterocycles. The number of benzene rings is 2. The van der Waals surface area contributed by atoms with Crippen LogP contribution in [0.15, 0.2) is 53.6 Å². The van der Waals surface area contributed by atoms with Crippen LogP contribution in [0.2, 0.25) is 5.02 Å². The molecule has 0 aromatic heterocycles. The second kappa shape index (κ2) is 8.93. The maximum Gasteiger partial charge on any atom is 0.277 e. The van der Waals surface area contributed by atoms with Crippen molar-refractivity contribution in [1.29, 1.82) is 0 Å². The van der Waals surface area contributed by atoms with Crippen LogP contribution in [-0.4, -0.2) is 24.8 Å². The lowest BCUT2D eigenvalue weighted by atomic mass is 10.1. The van der Waals surface area contributed by atoms with Gasteiger partial charge in [0.2, 0.25) is 0 Å². The topological polar surface area (TPSA) is 59.9 Å². The molecule has 0 aliphatic carbocycles. The summed E-state index contributed by atoms with van der Waals surface area (Å²) in [6, 6.07) is 14.3. The second-order valence-electron chi connectivity index (χ2n) is 4.93. The molecule has 0 unspecified atom stereocenters. The van der Waals surface area contributed by atoms with Crippen LogP contribution in [0, 0.1) is 0 Å². The number of ether oxygens (including phenoxy) is 2. The molecule has 0 spiro atoms. The van der Waals surface area contributed by atoms with Crippen LogP contribution >= 0.6 is 11.6 Å². The van der Waals surface area contributed by atoms with Gasteiger partial charge in [-0.1, -0.05) is 11.6 Å². The summed E-state index contributed by atoms with van der Waals surface area (Å²) in [5.41, 5.74) is 4.06. The number of rotatable bonds is 7. The van der Waals surface area contributed by atoms with Gasteiger partial charge in [0.15, 0.2) is 6.61 Å². The smallest absolute Gasteiger partial charge is 0.277 e. The number of amides is 1. The predicted octanol–water partition coefficient (Wildman–Crippen LogP) is 3.66. The normalized spacial score (nSPS) is 11.0. The van der Waals surface area contributed by atoms with E-state index in [0.29, 0.717) is 23.1 Å². The third-order valence-corrected chi connectivity index (χ3v) is 3.37.